The molecule has 3 aromatic rings. The number of nitrogens with zero attached hydrogens (tertiary/aromatic N) is 4. The van der Waals surface area contributed by atoms with Crippen molar-refractivity contribution in [3.8, 4) is 5.75 Å². The number of hydrogen-bond donors (Lipinski definition) is 1. The van der Waals surface area contributed by atoms with Crippen molar-refractivity contribution in [2.24, 2.45) is 0 Å². The lowest BCUT2D eigenvalue weighted by atomic mass is 10.2. The van der Waals surface area contributed by atoms with E-state index in [1.165, 1.54) is 11.5 Å². The fraction of sp³-hybridized carbons (Fsp3) is 0. The molecule has 0 aliphatic rings. The zero-order valence-electron chi connectivity index (χ0n) is 6.13. The van der Waals surface area contributed by atoms with E-state index in [4.69, 9.17) is 0 Å². The van der Waals surface area contributed by atoms with Crippen molar-refractivity contribution in [3.05, 3.63) is 6.07 Å². The molecule has 0 saturated carbocycles. The predicted octanol–water partition coefficient (Wildman–Crippen LogP) is 0.933. The van der Waals surface area contributed by atoms with Gasteiger partial charge in [0.05, 0.1) is 4.70 Å². The summed E-state index contributed by atoms with van der Waals surface area (Å²) in [6.45, 7) is 0. The lowest BCUT2D eigenvalue weighted by Crippen LogP contribution is -1.75. The number of fused-ring (bicyclic) bond motifs is 3. The number of hydrogen-bond acceptors (Lipinski definition) is 7. The molecular weight excluding hydrogens is 192 g/mol. The van der Waals surface area contributed by atoms with E-state index >= 15 is 0 Å². The Morgan fingerprint density at radius 2 is 2.08 bits per heavy atom. The molecule has 1 N–H and O–H groups in total. The summed E-state index contributed by atoms with van der Waals surface area (Å²) in [4.78, 5) is 0. The summed E-state index contributed by atoms with van der Waals surface area (Å²) in [6.07, 6.45) is 0. The van der Waals surface area contributed by atoms with E-state index in [0.29, 0.717) is 16.6 Å². The highest BCUT2D eigenvalue weighted by Crippen LogP contribution is 2.30. The summed E-state index contributed by atoms with van der Waals surface area (Å²) in [5.74, 6) is 0.0369. The lowest BCUT2D eigenvalue weighted by Gasteiger charge is -1.89. The van der Waals surface area contributed by atoms with E-state index < -0.39 is 0 Å². The minimum atomic E-state index is 0.0369. The summed E-state index contributed by atoms with van der Waals surface area (Å²) < 4.78 is 9.01. The summed E-state index contributed by atoms with van der Waals surface area (Å²) in [7, 11) is 0. The van der Waals surface area contributed by atoms with Crippen LogP contribution < -0.4 is 0 Å². The van der Waals surface area contributed by atoms with E-state index in [1.54, 1.807) is 6.07 Å². The number of phenolic OH excluding ortho intramolecular Hbond substituents is 1. The molecule has 0 bridgehead atoms. The van der Waals surface area contributed by atoms with Crippen LogP contribution in [-0.4, -0.2) is 25.0 Å². The van der Waals surface area contributed by atoms with Crippen LogP contribution in [0.5, 0.6) is 5.75 Å². The van der Waals surface area contributed by atoms with Crippen LogP contribution in [0.3, 0.4) is 0 Å². The number of rotatable bonds is 0. The van der Waals surface area contributed by atoms with Gasteiger partial charge in [-0.05, 0) is 21.8 Å². The number of aromatic nitrogens is 4. The summed E-state index contributed by atoms with van der Waals surface area (Å²) in [5, 5.41) is 20.5. The average Bonchev–Trinajstić information content (AvgIpc) is 2.66. The molecule has 0 fully saturated rings. The van der Waals surface area contributed by atoms with E-state index in [0.717, 1.165) is 4.70 Å². The van der Waals surface area contributed by atoms with Crippen LogP contribution in [0.1, 0.15) is 0 Å². The minimum Gasteiger partial charge on any atom is -0.505 e. The van der Waals surface area contributed by atoms with Gasteiger partial charge in [-0.1, -0.05) is 4.49 Å². The summed E-state index contributed by atoms with van der Waals surface area (Å²) >= 11 is 1.19. The van der Waals surface area contributed by atoms with Gasteiger partial charge in [0.2, 0.25) is 0 Å². The largest absolute Gasteiger partial charge is 0.505 e. The van der Waals surface area contributed by atoms with Crippen LogP contribution in [0.2, 0.25) is 0 Å². The third-order valence-corrected chi connectivity index (χ3v) is 2.41. The van der Waals surface area contributed by atoms with Crippen molar-refractivity contribution in [2.75, 3.05) is 0 Å². The molecule has 0 saturated heterocycles. The van der Waals surface area contributed by atoms with Crippen molar-refractivity contribution in [1.29, 1.82) is 0 Å². The lowest BCUT2D eigenvalue weighted by molar-refractivity contribution is 0.314. The van der Waals surface area contributed by atoms with Gasteiger partial charge in [-0.25, -0.2) is 4.63 Å². The van der Waals surface area contributed by atoms with Crippen molar-refractivity contribution in [1.82, 2.24) is 19.9 Å². The first-order chi connectivity index (χ1) is 6.36. The highest BCUT2D eigenvalue weighted by molar-refractivity contribution is 7.13. The predicted molar refractivity (Wildman–Crippen MR) is 44.4 cm³/mol. The van der Waals surface area contributed by atoms with Crippen LogP contribution in [0.4, 0.5) is 0 Å². The molecule has 0 amide bonds. The highest BCUT2D eigenvalue weighted by atomic mass is 32.1. The van der Waals surface area contributed by atoms with E-state index in [2.05, 4.69) is 24.5 Å². The van der Waals surface area contributed by atoms with Gasteiger partial charge >= 0.3 is 0 Å². The molecule has 2 aromatic heterocycles. The Balaban J connectivity index is 2.70. The van der Waals surface area contributed by atoms with Crippen LogP contribution in [0, 0.1) is 0 Å². The van der Waals surface area contributed by atoms with Crippen molar-refractivity contribution >= 4 is 32.8 Å². The zero-order chi connectivity index (χ0) is 8.84. The smallest absolute Gasteiger partial charge is 0.179 e. The summed E-state index contributed by atoms with van der Waals surface area (Å²) in [5.41, 5.74) is 1.38. The molecule has 2 heterocycles. The number of benzene rings is 1. The first-order valence-corrected chi connectivity index (χ1v) is 4.20. The molecule has 0 unspecified atom stereocenters. The van der Waals surface area contributed by atoms with E-state index in [9.17, 15) is 5.11 Å². The van der Waals surface area contributed by atoms with Gasteiger partial charge in [-0.15, -0.1) is 5.10 Å². The minimum absolute atomic E-state index is 0.0369. The molecule has 0 atom stereocenters. The monoisotopic (exact) mass is 194 g/mol. The molecular formula is C6H2N4O2S. The first kappa shape index (κ1) is 6.72. The molecule has 13 heavy (non-hydrogen) atoms. The first-order valence-electron chi connectivity index (χ1n) is 3.42. The molecule has 0 aliphatic heterocycles. The fourth-order valence-electron chi connectivity index (χ4n) is 1.16. The van der Waals surface area contributed by atoms with Gasteiger partial charge in [0.15, 0.2) is 11.0 Å². The summed E-state index contributed by atoms with van der Waals surface area (Å²) in [6, 6.07) is 1.55. The highest BCUT2D eigenvalue weighted by Gasteiger charge is 2.13. The van der Waals surface area contributed by atoms with E-state index in [1.807, 2.05) is 0 Å². The van der Waals surface area contributed by atoms with Gasteiger partial charge < -0.3 is 5.11 Å². The Morgan fingerprint density at radius 3 is 3.00 bits per heavy atom. The number of phenols is 1. The molecule has 6 nitrogen and oxygen atoms in total. The van der Waals surface area contributed by atoms with Gasteiger partial charge in [-0.2, -0.15) is 0 Å². The SMILES string of the molecule is Oc1cc2snnc2c2nonc12. The standard InChI is InChI=1S/C6H2N4O2S/c11-2-1-3-5(7-10-13-3)6-4(2)8-12-9-6/h1,11H. The second-order valence-electron chi connectivity index (χ2n) is 2.48. The maximum atomic E-state index is 9.47. The van der Waals surface area contributed by atoms with Crippen molar-refractivity contribution in [3.63, 3.8) is 0 Å². The van der Waals surface area contributed by atoms with Crippen molar-refractivity contribution < 1.29 is 9.74 Å². The van der Waals surface area contributed by atoms with Crippen LogP contribution in [0.15, 0.2) is 10.7 Å². The normalized spacial score (nSPS) is 11.4. The van der Waals surface area contributed by atoms with Gasteiger partial charge in [-0.3, -0.25) is 0 Å². The quantitative estimate of drug-likeness (QED) is 0.573. The maximum Gasteiger partial charge on any atom is 0.179 e. The fourth-order valence-corrected chi connectivity index (χ4v) is 1.76. The molecule has 3 rings (SSSR count). The Kier molecular flexibility index (Phi) is 1.10. The Labute approximate surface area is 74.9 Å². The Bertz CT molecular complexity index is 586. The van der Waals surface area contributed by atoms with Gasteiger partial charge in [0.25, 0.3) is 0 Å². The molecule has 64 valence electrons. The molecule has 1 aromatic carbocycles. The van der Waals surface area contributed by atoms with Crippen molar-refractivity contribution in [2.45, 2.75) is 0 Å². The molecule has 0 spiro atoms. The third kappa shape index (κ3) is 0.760. The topological polar surface area (TPSA) is 84.9 Å². The Hall–Kier alpha value is -1.76. The third-order valence-electron chi connectivity index (χ3n) is 1.74. The average molecular weight is 194 g/mol. The van der Waals surface area contributed by atoms with Crippen LogP contribution in [-0.2, 0) is 0 Å². The zero-order valence-corrected chi connectivity index (χ0v) is 6.95. The second kappa shape index (κ2) is 2.13. The van der Waals surface area contributed by atoms with E-state index in [-0.39, 0.29) is 5.75 Å². The van der Waals surface area contributed by atoms with Crippen LogP contribution in [0.25, 0.3) is 21.3 Å². The Morgan fingerprint density at radius 1 is 1.23 bits per heavy atom. The van der Waals surface area contributed by atoms with Gasteiger partial charge in [0.1, 0.15) is 11.3 Å². The molecule has 7 heteroatoms. The maximum absolute atomic E-state index is 9.47. The van der Waals surface area contributed by atoms with Crippen LogP contribution >= 0.6 is 11.5 Å². The number of aromatic hydroxyl groups is 1. The van der Waals surface area contributed by atoms with Gasteiger partial charge in [0, 0.05) is 6.07 Å². The molecule has 0 radical (unpaired) electrons. The molecule has 0 aliphatic carbocycles. The second-order valence-corrected chi connectivity index (χ2v) is 3.26.